The van der Waals surface area contributed by atoms with Crippen LogP contribution in [0.3, 0.4) is 0 Å². The van der Waals surface area contributed by atoms with Crippen molar-refractivity contribution in [2.24, 2.45) is 5.41 Å². The third-order valence-electron chi connectivity index (χ3n) is 3.79. The van der Waals surface area contributed by atoms with Crippen molar-refractivity contribution in [3.05, 3.63) is 30.1 Å². The van der Waals surface area contributed by atoms with Crippen molar-refractivity contribution < 1.29 is 19.1 Å². The Balaban J connectivity index is 2.01. The zero-order valence-electron chi connectivity index (χ0n) is 12.3. The number of carboxylic acid groups (broad SMARTS) is 1. The lowest BCUT2D eigenvalue weighted by molar-refractivity contribution is -0.149. The van der Waals surface area contributed by atoms with Gasteiger partial charge in [0.1, 0.15) is 11.2 Å². The highest BCUT2D eigenvalue weighted by Crippen LogP contribution is 2.47. The molecule has 1 aliphatic carbocycles. The first-order chi connectivity index (χ1) is 10.5. The molecule has 5 nitrogen and oxygen atoms in total. The molecule has 0 bridgehead atoms. The second-order valence-electron chi connectivity index (χ2n) is 5.36. The topological polar surface area (TPSA) is 78.4 Å². The predicted octanol–water partition coefficient (Wildman–Crippen LogP) is 2.30. The van der Waals surface area contributed by atoms with Crippen molar-refractivity contribution in [3.63, 3.8) is 0 Å². The van der Waals surface area contributed by atoms with E-state index in [0.29, 0.717) is 24.9 Å². The molecule has 0 heterocycles. The minimum atomic E-state index is -1.22. The van der Waals surface area contributed by atoms with E-state index in [9.17, 15) is 19.1 Å². The number of carboxylic acids is 1. The molecule has 0 amide bonds. The number of carbonyl (C=O) groups is 2. The Bertz CT molecular complexity index is 546. The summed E-state index contributed by atoms with van der Waals surface area (Å²) in [5.41, 5.74) is 5.15. The molecule has 1 aromatic carbocycles. The quantitative estimate of drug-likeness (QED) is 0.477. The fourth-order valence-electron chi connectivity index (χ4n) is 2.23. The number of ketones is 1. The number of halogens is 1. The molecule has 0 aromatic heterocycles. The zero-order chi connectivity index (χ0) is 16.2. The van der Waals surface area contributed by atoms with E-state index in [2.05, 4.69) is 10.9 Å². The second-order valence-corrected chi connectivity index (χ2v) is 6.35. The fraction of sp³-hybridized carbons (Fsp3) is 0.467. The van der Waals surface area contributed by atoms with Gasteiger partial charge in [0.05, 0.1) is 6.04 Å². The van der Waals surface area contributed by atoms with Gasteiger partial charge in [-0.3, -0.25) is 9.59 Å². The van der Waals surface area contributed by atoms with Gasteiger partial charge in [-0.05, 0) is 55.5 Å². The maximum absolute atomic E-state index is 12.9. The summed E-state index contributed by atoms with van der Waals surface area (Å²) in [5, 5.41) is 9.25. The normalized spacial score (nSPS) is 16.8. The van der Waals surface area contributed by atoms with Gasteiger partial charge in [-0.25, -0.2) is 9.82 Å². The lowest BCUT2D eigenvalue weighted by atomic mass is 9.94. The van der Waals surface area contributed by atoms with Crippen LogP contribution in [0.4, 0.5) is 10.1 Å². The maximum atomic E-state index is 12.9. The number of hydrogen-bond donors (Lipinski definition) is 3. The zero-order valence-corrected chi connectivity index (χ0v) is 13.1. The lowest BCUT2D eigenvalue weighted by Crippen LogP contribution is -2.46. The molecule has 1 saturated carbocycles. The monoisotopic (exact) mass is 326 g/mol. The Morgan fingerprint density at radius 3 is 2.50 bits per heavy atom. The van der Waals surface area contributed by atoms with E-state index in [1.165, 1.54) is 12.1 Å². The lowest BCUT2D eigenvalue weighted by Gasteiger charge is -2.21. The van der Waals surface area contributed by atoms with Crippen LogP contribution in [0.5, 0.6) is 0 Å². The largest absolute Gasteiger partial charge is 0.480 e. The Kier molecular flexibility index (Phi) is 5.42. The van der Waals surface area contributed by atoms with Gasteiger partial charge in [0.25, 0.3) is 0 Å². The van der Waals surface area contributed by atoms with Gasteiger partial charge < -0.3 is 10.5 Å². The first-order valence-corrected chi connectivity index (χ1v) is 8.43. The minimum absolute atomic E-state index is 0.288. The molecule has 0 radical (unpaired) electrons. The van der Waals surface area contributed by atoms with Crippen LogP contribution in [-0.2, 0) is 9.59 Å². The van der Waals surface area contributed by atoms with Crippen LogP contribution in [-0.4, -0.2) is 34.9 Å². The number of carbonyl (C=O) groups excluding carboxylic acids is 1. The van der Waals surface area contributed by atoms with Crippen LogP contribution in [0.2, 0.25) is 0 Å². The first kappa shape index (κ1) is 16.8. The van der Waals surface area contributed by atoms with Crippen molar-refractivity contribution in [1.82, 2.24) is 5.43 Å². The summed E-state index contributed by atoms with van der Waals surface area (Å²) >= 11 is 1.59. The van der Waals surface area contributed by atoms with E-state index in [1.807, 2.05) is 6.26 Å². The number of aliphatic carboxylic acids is 1. The molecule has 1 fully saturated rings. The van der Waals surface area contributed by atoms with E-state index < -0.39 is 17.4 Å². The highest BCUT2D eigenvalue weighted by atomic mass is 32.2. The molecule has 7 heteroatoms. The Hall–Kier alpha value is -1.60. The van der Waals surface area contributed by atoms with Gasteiger partial charge in [0.15, 0.2) is 5.78 Å². The van der Waals surface area contributed by atoms with Crippen LogP contribution < -0.4 is 10.9 Å². The summed E-state index contributed by atoms with van der Waals surface area (Å²) in [6, 6.07) is 5.12. The number of Topliss-reactive ketones (excluding diaryl/α,β-unsaturated/α-hetero) is 1. The Morgan fingerprint density at radius 1 is 1.36 bits per heavy atom. The smallest absolute Gasteiger partial charge is 0.317 e. The molecule has 0 unspecified atom stereocenters. The summed E-state index contributed by atoms with van der Waals surface area (Å²) in [6.07, 6.45) is 3.26. The van der Waals surface area contributed by atoms with Crippen LogP contribution in [0, 0.1) is 11.2 Å². The highest BCUT2D eigenvalue weighted by Gasteiger charge is 2.58. The first-order valence-electron chi connectivity index (χ1n) is 7.03. The van der Waals surface area contributed by atoms with Crippen molar-refractivity contribution in [1.29, 1.82) is 0 Å². The third kappa shape index (κ3) is 3.78. The Labute approximate surface area is 132 Å². The molecule has 2 rings (SSSR count). The summed E-state index contributed by atoms with van der Waals surface area (Å²) < 4.78 is 12.9. The molecule has 1 atom stereocenters. The van der Waals surface area contributed by atoms with Gasteiger partial charge in [-0.15, -0.1) is 0 Å². The van der Waals surface area contributed by atoms with Gasteiger partial charge in [0, 0.05) is 5.69 Å². The van der Waals surface area contributed by atoms with Gasteiger partial charge in [0.2, 0.25) is 0 Å². The van der Waals surface area contributed by atoms with Crippen LogP contribution in [0.1, 0.15) is 19.3 Å². The number of benzene rings is 1. The molecule has 3 N–H and O–H groups in total. The number of nitrogens with one attached hydrogen (secondary N) is 2. The average Bonchev–Trinajstić information content (AvgIpc) is 3.30. The van der Waals surface area contributed by atoms with Gasteiger partial charge in [-0.1, -0.05) is 0 Å². The Morgan fingerprint density at radius 2 is 2.00 bits per heavy atom. The number of thioether (sulfide) groups is 1. The fourth-order valence-corrected chi connectivity index (χ4v) is 2.70. The minimum Gasteiger partial charge on any atom is -0.480 e. The summed E-state index contributed by atoms with van der Waals surface area (Å²) in [6.45, 7) is 0. The van der Waals surface area contributed by atoms with Gasteiger partial charge >= 0.3 is 5.97 Å². The predicted molar refractivity (Wildman–Crippen MR) is 84.3 cm³/mol. The molecule has 1 aliphatic rings. The molecular formula is C15H19FN2O3S. The van der Waals surface area contributed by atoms with E-state index in [-0.39, 0.29) is 11.6 Å². The summed E-state index contributed by atoms with van der Waals surface area (Å²) in [5.74, 6) is -0.938. The van der Waals surface area contributed by atoms with Crippen molar-refractivity contribution in [2.45, 2.75) is 25.3 Å². The number of hydrazine groups is 1. The van der Waals surface area contributed by atoms with Crippen molar-refractivity contribution >= 4 is 29.2 Å². The van der Waals surface area contributed by atoms with Crippen LogP contribution in [0.25, 0.3) is 0 Å². The summed E-state index contributed by atoms with van der Waals surface area (Å²) in [7, 11) is 0. The number of rotatable bonds is 9. The third-order valence-corrected chi connectivity index (χ3v) is 4.44. The second kappa shape index (κ2) is 7.11. The van der Waals surface area contributed by atoms with Crippen molar-refractivity contribution in [2.75, 3.05) is 17.4 Å². The molecule has 1 aromatic rings. The maximum Gasteiger partial charge on any atom is 0.317 e. The van der Waals surface area contributed by atoms with Crippen LogP contribution in [0.15, 0.2) is 24.3 Å². The standard InChI is InChI=1S/C15H19FN2O3S/c1-22-9-6-12(13(19)15(7-8-15)14(20)21)18-17-11-4-2-10(16)3-5-11/h2-5,12,17-18H,6-9H2,1H3,(H,20,21)/t12-/m0/s1. The van der Waals surface area contributed by atoms with E-state index in [4.69, 9.17) is 0 Å². The SMILES string of the molecule is CSCC[C@H](NNc1ccc(F)cc1)C(=O)C1(C(=O)O)CC1. The van der Waals surface area contributed by atoms with Gasteiger partial charge in [-0.2, -0.15) is 11.8 Å². The van der Waals surface area contributed by atoms with E-state index in [0.717, 1.165) is 5.75 Å². The molecule has 0 saturated heterocycles. The average molecular weight is 326 g/mol. The van der Waals surface area contributed by atoms with Crippen LogP contribution >= 0.6 is 11.8 Å². The molecular weight excluding hydrogens is 307 g/mol. The van der Waals surface area contributed by atoms with Crippen molar-refractivity contribution in [3.8, 4) is 0 Å². The van der Waals surface area contributed by atoms with E-state index >= 15 is 0 Å². The molecule has 120 valence electrons. The summed E-state index contributed by atoms with van der Waals surface area (Å²) in [4.78, 5) is 23.8. The number of hydrogen-bond acceptors (Lipinski definition) is 5. The molecule has 0 aliphatic heterocycles. The van der Waals surface area contributed by atoms with E-state index in [1.54, 1.807) is 23.9 Å². The molecule has 22 heavy (non-hydrogen) atoms. The molecule has 0 spiro atoms. The highest BCUT2D eigenvalue weighted by molar-refractivity contribution is 7.98. The number of anilines is 1.